The van der Waals surface area contributed by atoms with Crippen LogP contribution >= 0.6 is 0 Å². The number of benzene rings is 3. The maximum Gasteiger partial charge on any atom is 0.258 e. The minimum Gasteiger partial charge on any atom is -0.496 e. The first kappa shape index (κ1) is 29.9. The number of morpholine rings is 1. The van der Waals surface area contributed by atoms with Crippen LogP contribution in [0.2, 0.25) is 0 Å². The fourth-order valence-electron chi connectivity index (χ4n) is 5.93. The van der Waals surface area contributed by atoms with Crippen molar-refractivity contribution in [3.63, 3.8) is 0 Å². The zero-order valence-electron chi connectivity index (χ0n) is 25.1. The van der Waals surface area contributed by atoms with Crippen molar-refractivity contribution in [2.24, 2.45) is 0 Å². The Labute approximate surface area is 258 Å². The van der Waals surface area contributed by atoms with Crippen molar-refractivity contribution >= 4 is 11.8 Å². The molecule has 3 aromatic carbocycles. The van der Waals surface area contributed by atoms with Crippen molar-refractivity contribution in [1.29, 1.82) is 0 Å². The van der Waals surface area contributed by atoms with E-state index in [1.54, 1.807) is 19.2 Å². The van der Waals surface area contributed by atoms with Gasteiger partial charge in [-0.1, -0.05) is 24.3 Å². The molecule has 0 aromatic heterocycles. The maximum absolute atomic E-state index is 13.8. The van der Waals surface area contributed by atoms with Gasteiger partial charge < -0.3 is 29.6 Å². The fraction of sp³-hybridized carbons (Fsp3) is 0.412. The Bertz CT molecular complexity index is 1440. The van der Waals surface area contributed by atoms with Gasteiger partial charge in [0, 0.05) is 56.9 Å². The average Bonchev–Trinajstić information content (AvgIpc) is 3.07. The Balaban J connectivity index is 1.27. The van der Waals surface area contributed by atoms with Gasteiger partial charge in [0.1, 0.15) is 23.4 Å². The van der Waals surface area contributed by atoms with Crippen LogP contribution < -0.4 is 24.8 Å². The van der Waals surface area contributed by atoms with Crippen LogP contribution in [0.4, 0.5) is 0 Å². The number of rotatable bonds is 4. The molecule has 2 saturated heterocycles. The van der Waals surface area contributed by atoms with Crippen molar-refractivity contribution in [1.82, 2.24) is 20.4 Å². The molecule has 0 spiro atoms. The van der Waals surface area contributed by atoms with Crippen LogP contribution in [-0.2, 0) is 16.1 Å². The molecule has 7 rings (SSSR count). The van der Waals surface area contributed by atoms with E-state index in [1.165, 1.54) is 0 Å². The first-order valence-corrected chi connectivity index (χ1v) is 15.3. The molecule has 232 valence electrons. The minimum atomic E-state index is -0.218. The lowest BCUT2D eigenvalue weighted by Crippen LogP contribution is -2.58. The summed E-state index contributed by atoms with van der Waals surface area (Å²) < 4.78 is 23.4. The number of amides is 2. The van der Waals surface area contributed by atoms with E-state index >= 15 is 0 Å². The summed E-state index contributed by atoms with van der Waals surface area (Å²) in [6.07, 6.45) is 0.591. The van der Waals surface area contributed by atoms with Gasteiger partial charge in [-0.2, -0.15) is 0 Å². The number of methoxy groups -OCH3 is 1. The molecule has 6 bridgehead atoms. The molecule has 44 heavy (non-hydrogen) atoms. The third kappa shape index (κ3) is 7.50. The highest BCUT2D eigenvalue weighted by Crippen LogP contribution is 2.33. The summed E-state index contributed by atoms with van der Waals surface area (Å²) >= 11 is 0. The molecule has 3 aromatic rings. The molecule has 0 aliphatic carbocycles. The van der Waals surface area contributed by atoms with Gasteiger partial charge in [-0.25, -0.2) is 0 Å². The summed E-state index contributed by atoms with van der Waals surface area (Å²) in [6.45, 7) is 7.19. The molecule has 10 nitrogen and oxygen atoms in total. The van der Waals surface area contributed by atoms with Crippen molar-refractivity contribution in [2.45, 2.75) is 25.1 Å². The predicted octanol–water partition coefficient (Wildman–Crippen LogP) is 2.95. The second kappa shape index (κ2) is 14.1. The smallest absolute Gasteiger partial charge is 0.258 e. The van der Waals surface area contributed by atoms with E-state index in [2.05, 4.69) is 20.4 Å². The van der Waals surface area contributed by atoms with Crippen LogP contribution in [0.5, 0.6) is 17.2 Å². The summed E-state index contributed by atoms with van der Waals surface area (Å²) in [5, 5.41) is 6.22. The molecule has 4 aliphatic rings. The van der Waals surface area contributed by atoms with Crippen LogP contribution in [0.25, 0.3) is 11.1 Å². The van der Waals surface area contributed by atoms with Crippen LogP contribution in [0.15, 0.2) is 66.7 Å². The molecule has 2 N–H and O–H groups in total. The van der Waals surface area contributed by atoms with E-state index in [4.69, 9.17) is 18.9 Å². The zero-order chi connectivity index (χ0) is 30.3. The third-order valence-corrected chi connectivity index (χ3v) is 8.46. The largest absolute Gasteiger partial charge is 0.496 e. The number of ether oxygens (including phenoxy) is 4. The SMILES string of the molecule is COc1ccc2cc1-c1cccc(c1)OCC(=O)NCc1ccc(cc1)O[C@@H]1CCN(CCN3CCOCC3)C[C@H]1NC2=O. The molecule has 10 heteroatoms. The molecule has 2 atom stereocenters. The fourth-order valence-corrected chi connectivity index (χ4v) is 5.93. The van der Waals surface area contributed by atoms with E-state index in [0.717, 1.165) is 74.8 Å². The van der Waals surface area contributed by atoms with Crippen LogP contribution in [0, 0.1) is 0 Å². The highest BCUT2D eigenvalue weighted by molar-refractivity contribution is 5.96. The Kier molecular flexibility index (Phi) is 9.60. The first-order chi connectivity index (χ1) is 21.5. The second-order valence-electron chi connectivity index (χ2n) is 11.4. The number of likely N-dealkylation sites (tertiary alicyclic amines) is 1. The Hall–Kier alpha value is -4.12. The number of carbonyl (C=O) groups excluding carboxylic acids is 2. The van der Waals surface area contributed by atoms with Gasteiger partial charge in [0.2, 0.25) is 0 Å². The average molecular weight is 601 g/mol. The highest BCUT2D eigenvalue weighted by atomic mass is 16.5. The van der Waals surface area contributed by atoms with E-state index in [0.29, 0.717) is 30.2 Å². The summed E-state index contributed by atoms with van der Waals surface area (Å²) in [5.41, 5.74) is 3.05. The lowest BCUT2D eigenvalue weighted by molar-refractivity contribution is -0.123. The Morgan fingerprint density at radius 3 is 2.52 bits per heavy atom. The van der Waals surface area contributed by atoms with Gasteiger partial charge in [0.05, 0.1) is 26.4 Å². The van der Waals surface area contributed by atoms with Crippen molar-refractivity contribution < 1.29 is 28.5 Å². The molecule has 4 aliphatic heterocycles. The van der Waals surface area contributed by atoms with Crippen LogP contribution in [-0.4, -0.2) is 100.0 Å². The van der Waals surface area contributed by atoms with E-state index in [-0.39, 0.29) is 30.6 Å². The van der Waals surface area contributed by atoms with E-state index < -0.39 is 0 Å². The van der Waals surface area contributed by atoms with Crippen LogP contribution in [0.3, 0.4) is 0 Å². The summed E-state index contributed by atoms with van der Waals surface area (Å²) in [5.74, 6) is 1.53. The Morgan fingerprint density at radius 1 is 0.886 bits per heavy atom. The first-order valence-electron chi connectivity index (χ1n) is 15.3. The molecule has 0 saturated carbocycles. The highest BCUT2D eigenvalue weighted by Gasteiger charge is 2.33. The molecule has 2 amide bonds. The Morgan fingerprint density at radius 2 is 1.70 bits per heavy atom. The lowest BCUT2D eigenvalue weighted by Gasteiger charge is -2.39. The summed E-state index contributed by atoms with van der Waals surface area (Å²) in [7, 11) is 1.61. The van der Waals surface area contributed by atoms with Gasteiger partial charge in [-0.3, -0.25) is 19.4 Å². The van der Waals surface area contributed by atoms with E-state index in [1.807, 2.05) is 54.6 Å². The second-order valence-corrected chi connectivity index (χ2v) is 11.4. The lowest BCUT2D eigenvalue weighted by atomic mass is 9.99. The number of nitrogens with zero attached hydrogens (tertiary/aromatic N) is 2. The number of piperidine rings is 1. The van der Waals surface area contributed by atoms with Gasteiger partial charge in [0.15, 0.2) is 6.61 Å². The van der Waals surface area contributed by atoms with Crippen molar-refractivity contribution in [3.05, 3.63) is 77.9 Å². The van der Waals surface area contributed by atoms with Gasteiger partial charge in [-0.15, -0.1) is 0 Å². The number of hydrogen-bond acceptors (Lipinski definition) is 8. The summed E-state index contributed by atoms with van der Waals surface area (Å²) in [6, 6.07) is 20.4. The van der Waals surface area contributed by atoms with E-state index in [9.17, 15) is 9.59 Å². The third-order valence-electron chi connectivity index (χ3n) is 8.46. The molecule has 2 fully saturated rings. The molecule has 4 heterocycles. The predicted molar refractivity (Wildman–Crippen MR) is 166 cm³/mol. The van der Waals surface area contributed by atoms with Crippen molar-refractivity contribution in [2.75, 3.05) is 66.2 Å². The number of hydrogen-bond donors (Lipinski definition) is 2. The molecule has 0 radical (unpaired) electrons. The maximum atomic E-state index is 13.8. The standard InChI is InChI=1S/C34H40N4O6/c1-41-31-10-7-26-20-29(31)25-3-2-4-28(19-25)43-23-33(39)35-21-24-5-8-27(9-6-24)44-32-11-12-38(22-30(32)36-34(26)40)14-13-37-15-17-42-18-16-37/h2-10,19-20,30,32H,11-18,21-23H2,1H3,(H,35,39)(H,36,40)/t30-,32-/m1/s1. The normalized spacial score (nSPS) is 21.7. The van der Waals surface area contributed by atoms with Gasteiger partial charge in [-0.05, 0) is 60.0 Å². The minimum absolute atomic E-state index is 0.114. The molecular formula is C34H40N4O6. The quantitative estimate of drug-likeness (QED) is 0.472. The zero-order valence-corrected chi connectivity index (χ0v) is 25.1. The monoisotopic (exact) mass is 600 g/mol. The van der Waals surface area contributed by atoms with Crippen LogP contribution in [0.1, 0.15) is 22.3 Å². The summed E-state index contributed by atoms with van der Waals surface area (Å²) in [4.78, 5) is 31.2. The van der Waals surface area contributed by atoms with Gasteiger partial charge in [0.25, 0.3) is 11.8 Å². The molecular weight excluding hydrogens is 560 g/mol. The number of fused-ring (bicyclic) bond motifs is 7. The number of nitrogens with one attached hydrogen (secondary N) is 2. The van der Waals surface area contributed by atoms with Gasteiger partial charge >= 0.3 is 0 Å². The van der Waals surface area contributed by atoms with Crippen molar-refractivity contribution in [3.8, 4) is 28.4 Å². The molecule has 0 unspecified atom stereocenters. The topological polar surface area (TPSA) is 102 Å². The number of carbonyl (C=O) groups is 2.